The quantitative estimate of drug-likeness (QED) is 0.258. The summed E-state index contributed by atoms with van der Waals surface area (Å²) in [6.45, 7) is 3.85. The van der Waals surface area contributed by atoms with Crippen LogP contribution in [0.1, 0.15) is 25.0 Å². The summed E-state index contributed by atoms with van der Waals surface area (Å²) in [5.41, 5.74) is 8.51. The van der Waals surface area contributed by atoms with Crippen LogP contribution in [0.5, 0.6) is 0 Å². The fraction of sp³-hybridized carbons (Fsp3) is 0.286. The first kappa shape index (κ1) is 21.5. The molecular formula is C14H18CuN6S2. The maximum absolute atomic E-state index is 5.32. The smallest absolute Gasteiger partial charge is 0.741 e. The molecule has 0 fully saturated rings. The molecule has 0 aliphatic rings. The van der Waals surface area contributed by atoms with E-state index in [1.54, 1.807) is 14.0 Å². The molecule has 127 valence electrons. The van der Waals surface area contributed by atoms with Crippen LogP contribution in [-0.4, -0.2) is 28.8 Å². The molecule has 9 heteroatoms. The number of rotatable bonds is 5. The van der Waals surface area contributed by atoms with Crippen molar-refractivity contribution in [3.8, 4) is 0 Å². The largest absolute Gasteiger partial charge is 2.00 e. The van der Waals surface area contributed by atoms with E-state index >= 15 is 0 Å². The zero-order chi connectivity index (χ0) is 16.5. The first-order valence-electron chi connectivity index (χ1n) is 6.62. The fourth-order valence-electron chi connectivity index (χ4n) is 1.55. The second-order valence-electron chi connectivity index (χ2n) is 4.28. The molecule has 0 amide bonds. The average molecular weight is 398 g/mol. The van der Waals surface area contributed by atoms with Gasteiger partial charge in [0.25, 0.3) is 0 Å². The van der Waals surface area contributed by atoms with Gasteiger partial charge in [0.15, 0.2) is 0 Å². The molecule has 0 heterocycles. The molecule has 1 aromatic rings. The van der Waals surface area contributed by atoms with Gasteiger partial charge in [0.05, 0.1) is 5.71 Å². The van der Waals surface area contributed by atoms with Crippen LogP contribution < -0.4 is 11.1 Å². The molecule has 0 atom stereocenters. The number of hydrogen-bond acceptors (Lipinski definition) is 6. The molecule has 0 unspecified atom stereocenters. The van der Waals surface area contributed by atoms with Gasteiger partial charge >= 0.3 is 17.1 Å². The standard InChI is InChI=1S/C14H20N6S2.Cu/c1-4-10-5-7-11(8-6-10)12(18-20-14(22)16-3)9(2)17-19-13(15)21;/h5-8H,4H2,1-3H3,(H3,15,19,21)(H2,16,20,22);/q;+2/p-2/b17-9+,18-12-;. The van der Waals surface area contributed by atoms with Crippen LogP contribution in [0.4, 0.5) is 0 Å². The van der Waals surface area contributed by atoms with Gasteiger partial charge in [-0.15, -0.1) is 5.10 Å². The Morgan fingerprint density at radius 3 is 2.17 bits per heavy atom. The van der Waals surface area contributed by atoms with Crippen molar-refractivity contribution in [3.63, 3.8) is 0 Å². The third-order valence-electron chi connectivity index (χ3n) is 2.73. The van der Waals surface area contributed by atoms with E-state index in [1.165, 1.54) is 5.56 Å². The maximum Gasteiger partial charge on any atom is 2.00 e. The number of hydrogen-bond donors (Lipinski definition) is 2. The minimum absolute atomic E-state index is 0. The second kappa shape index (κ2) is 11.1. The van der Waals surface area contributed by atoms with Crippen molar-refractivity contribution in [3.05, 3.63) is 35.4 Å². The molecule has 1 radical (unpaired) electrons. The van der Waals surface area contributed by atoms with Crippen LogP contribution in [-0.2, 0) is 48.7 Å². The molecule has 0 saturated carbocycles. The van der Waals surface area contributed by atoms with Crippen LogP contribution in [0.25, 0.3) is 0 Å². The number of benzene rings is 1. The predicted molar refractivity (Wildman–Crippen MR) is 98.3 cm³/mol. The maximum atomic E-state index is 5.32. The van der Waals surface area contributed by atoms with E-state index in [1.807, 2.05) is 24.3 Å². The molecule has 0 bridgehead atoms. The Kier molecular flexibility index (Phi) is 10.3. The van der Waals surface area contributed by atoms with Crippen molar-refractivity contribution in [2.75, 3.05) is 7.05 Å². The van der Waals surface area contributed by atoms with E-state index in [9.17, 15) is 0 Å². The van der Waals surface area contributed by atoms with Crippen LogP contribution >= 0.6 is 0 Å². The molecular weight excluding hydrogens is 380 g/mol. The van der Waals surface area contributed by atoms with Crippen molar-refractivity contribution < 1.29 is 17.1 Å². The van der Waals surface area contributed by atoms with Crippen LogP contribution in [0.15, 0.2) is 44.7 Å². The first-order valence-corrected chi connectivity index (χ1v) is 7.44. The van der Waals surface area contributed by atoms with E-state index in [4.69, 9.17) is 18.4 Å². The molecule has 0 saturated heterocycles. The third-order valence-corrected chi connectivity index (χ3v) is 3.10. The molecule has 0 aliphatic carbocycles. The Morgan fingerprint density at radius 1 is 1.09 bits per heavy atom. The van der Waals surface area contributed by atoms with Crippen molar-refractivity contribution in [1.29, 1.82) is 0 Å². The second-order valence-corrected chi connectivity index (χ2v) is 5.08. The summed E-state index contributed by atoms with van der Waals surface area (Å²) in [5, 5.41) is 18.7. The molecule has 1 rings (SSSR count). The van der Waals surface area contributed by atoms with E-state index in [0.717, 1.165) is 12.0 Å². The van der Waals surface area contributed by atoms with Gasteiger partial charge in [-0.25, -0.2) is 0 Å². The topological polar surface area (TPSA) is 87.5 Å². The van der Waals surface area contributed by atoms with Crippen LogP contribution in [0.2, 0.25) is 0 Å². The van der Waals surface area contributed by atoms with E-state index in [0.29, 0.717) is 11.4 Å². The van der Waals surface area contributed by atoms with E-state index < -0.39 is 0 Å². The Morgan fingerprint density at radius 2 is 1.70 bits per heavy atom. The molecule has 1 aromatic carbocycles. The first-order chi connectivity index (χ1) is 10.5. The van der Waals surface area contributed by atoms with E-state index in [-0.39, 0.29) is 27.4 Å². The number of nitrogens with two attached hydrogens (primary N) is 1. The summed E-state index contributed by atoms with van der Waals surface area (Å²) in [5.74, 6) is 0. The van der Waals surface area contributed by atoms with Gasteiger partial charge in [-0.1, -0.05) is 31.2 Å². The SMILES string of the molecule is CCc1ccc(C(=N\N=C(/[S-])NC)/C(C)=N/N=C(/N)[S-])cc1.[Cu+2]. The number of nitrogens with one attached hydrogen (secondary N) is 1. The zero-order valence-electron chi connectivity index (χ0n) is 13.0. The van der Waals surface area contributed by atoms with Gasteiger partial charge in [0.1, 0.15) is 5.71 Å². The number of nitrogens with zero attached hydrogens (tertiary/aromatic N) is 4. The summed E-state index contributed by atoms with van der Waals surface area (Å²) in [6.07, 6.45) is 0.963. The summed E-state index contributed by atoms with van der Waals surface area (Å²) in [6, 6.07) is 7.96. The van der Waals surface area contributed by atoms with Gasteiger partial charge in [-0.2, -0.15) is 15.3 Å². The molecule has 0 spiro atoms. The summed E-state index contributed by atoms with van der Waals surface area (Å²) < 4.78 is 0. The molecule has 23 heavy (non-hydrogen) atoms. The van der Waals surface area contributed by atoms with Crippen molar-refractivity contribution in [2.45, 2.75) is 20.3 Å². The zero-order valence-corrected chi connectivity index (χ0v) is 15.6. The Bertz CT molecular complexity index is 619. The third kappa shape index (κ3) is 7.51. The van der Waals surface area contributed by atoms with Crippen molar-refractivity contribution in [2.24, 2.45) is 26.1 Å². The Labute approximate surface area is 158 Å². The predicted octanol–water partition coefficient (Wildman–Crippen LogP) is 1.31. The van der Waals surface area contributed by atoms with Gasteiger partial charge in [-0.3, -0.25) is 0 Å². The average Bonchev–Trinajstić information content (AvgIpc) is 2.53. The van der Waals surface area contributed by atoms with Gasteiger partial charge in [-0.05, 0) is 29.2 Å². The molecule has 6 nitrogen and oxygen atoms in total. The molecule has 0 aromatic heterocycles. The number of amidine groups is 2. The molecule has 0 aliphatic heterocycles. The summed E-state index contributed by atoms with van der Waals surface area (Å²) >= 11 is 9.65. The van der Waals surface area contributed by atoms with Crippen molar-refractivity contribution in [1.82, 2.24) is 5.32 Å². The van der Waals surface area contributed by atoms with E-state index in [2.05, 4.69) is 45.3 Å². The minimum atomic E-state index is -0.0392. The van der Waals surface area contributed by atoms with Crippen LogP contribution in [0.3, 0.4) is 0 Å². The summed E-state index contributed by atoms with van der Waals surface area (Å²) in [7, 11) is 1.68. The Hall–Kier alpha value is -1.54. The normalized spacial score (nSPS) is 13.5. The minimum Gasteiger partial charge on any atom is -0.741 e. The fourth-order valence-corrected chi connectivity index (χ4v) is 1.64. The summed E-state index contributed by atoms with van der Waals surface area (Å²) in [4.78, 5) is 0. The number of aryl methyl sites for hydroxylation is 1. The monoisotopic (exact) mass is 397 g/mol. The van der Waals surface area contributed by atoms with Crippen LogP contribution in [0, 0.1) is 0 Å². The van der Waals surface area contributed by atoms with Gasteiger partial charge in [0.2, 0.25) is 0 Å². The molecule has 3 N–H and O–H groups in total. The van der Waals surface area contributed by atoms with Gasteiger partial charge in [0, 0.05) is 12.6 Å². The Balaban J connectivity index is 0.00000484. The van der Waals surface area contributed by atoms with Gasteiger partial charge < -0.3 is 36.3 Å². The van der Waals surface area contributed by atoms with Crippen molar-refractivity contribution >= 4 is 47.0 Å².